The van der Waals surface area contributed by atoms with E-state index in [4.69, 9.17) is 4.74 Å². The average Bonchev–Trinajstić information content (AvgIpc) is 3.44. The average molecular weight is 521 g/mol. The highest BCUT2D eigenvalue weighted by Gasteiger charge is 2.32. The third-order valence-electron chi connectivity index (χ3n) is 5.80. The van der Waals surface area contributed by atoms with Gasteiger partial charge in [-0.15, -0.1) is 21.5 Å². The van der Waals surface area contributed by atoms with Gasteiger partial charge in [-0.25, -0.2) is 4.98 Å². The Balaban J connectivity index is 1.25. The monoisotopic (exact) mass is 520 g/mol. The summed E-state index contributed by atoms with van der Waals surface area (Å²) in [6.07, 6.45) is 0. The number of aryl methyl sites for hydroxylation is 1. The first kappa shape index (κ1) is 24.0. The van der Waals surface area contributed by atoms with E-state index in [0.29, 0.717) is 27.5 Å². The molecule has 0 saturated heterocycles. The summed E-state index contributed by atoms with van der Waals surface area (Å²) in [4.78, 5) is 32.6. The van der Waals surface area contributed by atoms with Crippen molar-refractivity contribution in [2.24, 2.45) is 7.05 Å². The SMILES string of the molecule is Cc1sc(NC(=O)CSc2nnc([C@@H](C)N3C(=O)COc4ccccc43)n2C)nc1-c1ccccc1. The van der Waals surface area contributed by atoms with Gasteiger partial charge >= 0.3 is 0 Å². The first-order chi connectivity index (χ1) is 17.4. The molecule has 9 nitrogen and oxygen atoms in total. The highest BCUT2D eigenvalue weighted by atomic mass is 32.2. The third-order valence-corrected chi connectivity index (χ3v) is 7.70. The number of rotatable bonds is 7. The second kappa shape index (κ2) is 10.1. The van der Waals surface area contributed by atoms with Gasteiger partial charge in [0.1, 0.15) is 5.75 Å². The number of carbonyl (C=O) groups is 2. The van der Waals surface area contributed by atoms with Gasteiger partial charge in [0.15, 0.2) is 22.7 Å². The zero-order valence-corrected chi connectivity index (χ0v) is 21.6. The molecule has 1 aliphatic rings. The molecular formula is C25H24N6O3S2. The van der Waals surface area contributed by atoms with Gasteiger partial charge < -0.3 is 14.6 Å². The highest BCUT2D eigenvalue weighted by Crippen LogP contribution is 2.37. The molecule has 1 aliphatic heterocycles. The van der Waals surface area contributed by atoms with Crippen LogP contribution in [0, 0.1) is 6.92 Å². The van der Waals surface area contributed by atoms with Gasteiger partial charge in [0, 0.05) is 17.5 Å². The van der Waals surface area contributed by atoms with Crippen LogP contribution in [0.1, 0.15) is 23.7 Å². The van der Waals surface area contributed by atoms with Gasteiger partial charge in [0.25, 0.3) is 5.91 Å². The third kappa shape index (κ3) is 4.71. The fraction of sp³-hybridized carbons (Fsp3) is 0.240. The number of thioether (sulfide) groups is 1. The molecule has 11 heteroatoms. The molecule has 0 aliphatic carbocycles. The molecule has 0 unspecified atom stereocenters. The van der Waals surface area contributed by atoms with E-state index in [1.807, 2.05) is 80.1 Å². The van der Waals surface area contributed by atoms with Crippen molar-refractivity contribution in [2.45, 2.75) is 25.0 Å². The standard InChI is InChI=1S/C25H24N6O3S2/c1-15(31-18-11-7-8-12-19(18)34-13-21(31)33)23-28-29-25(30(23)3)35-14-20(32)26-24-27-22(16(2)36-24)17-9-5-4-6-10-17/h4-12,15H,13-14H2,1-3H3,(H,26,27,32)/t15-/m1/s1. The van der Waals surface area contributed by atoms with Crippen LogP contribution in [0.15, 0.2) is 59.8 Å². The number of hydrogen-bond acceptors (Lipinski definition) is 8. The summed E-state index contributed by atoms with van der Waals surface area (Å²) in [5.41, 5.74) is 2.59. The van der Waals surface area contributed by atoms with Gasteiger partial charge in [0.2, 0.25) is 5.91 Å². The second-order valence-corrected chi connectivity index (χ2v) is 10.4. The van der Waals surface area contributed by atoms with E-state index in [0.717, 1.165) is 16.1 Å². The number of anilines is 2. The van der Waals surface area contributed by atoms with Crippen LogP contribution < -0.4 is 15.0 Å². The number of nitrogens with one attached hydrogen (secondary N) is 1. The van der Waals surface area contributed by atoms with Crippen LogP contribution in [-0.2, 0) is 16.6 Å². The van der Waals surface area contributed by atoms with Gasteiger partial charge in [0.05, 0.1) is 23.2 Å². The first-order valence-electron chi connectivity index (χ1n) is 11.3. The number of aromatic nitrogens is 4. The summed E-state index contributed by atoms with van der Waals surface area (Å²) in [6.45, 7) is 3.87. The number of para-hydroxylation sites is 2. The van der Waals surface area contributed by atoms with Gasteiger partial charge in [-0.2, -0.15) is 0 Å². The Bertz CT molecular complexity index is 1420. The van der Waals surface area contributed by atoms with Crippen molar-refractivity contribution in [3.05, 3.63) is 65.3 Å². The van der Waals surface area contributed by atoms with Gasteiger partial charge in [-0.05, 0) is 26.0 Å². The number of fused-ring (bicyclic) bond motifs is 1. The molecule has 0 spiro atoms. The summed E-state index contributed by atoms with van der Waals surface area (Å²) >= 11 is 2.73. The van der Waals surface area contributed by atoms with Crippen molar-refractivity contribution in [3.63, 3.8) is 0 Å². The number of ether oxygens (including phenoxy) is 1. The molecule has 1 N–H and O–H groups in total. The summed E-state index contributed by atoms with van der Waals surface area (Å²) < 4.78 is 7.36. The van der Waals surface area contributed by atoms with E-state index in [9.17, 15) is 9.59 Å². The molecule has 36 heavy (non-hydrogen) atoms. The summed E-state index contributed by atoms with van der Waals surface area (Å²) in [5.74, 6) is 1.10. The Labute approximate surface area is 216 Å². The maximum Gasteiger partial charge on any atom is 0.265 e. The lowest BCUT2D eigenvalue weighted by Gasteiger charge is -2.33. The number of benzene rings is 2. The topological polar surface area (TPSA) is 102 Å². The molecule has 3 heterocycles. The van der Waals surface area contributed by atoms with Crippen molar-refractivity contribution < 1.29 is 14.3 Å². The normalized spacial score (nSPS) is 13.8. The number of carbonyl (C=O) groups excluding carboxylic acids is 2. The van der Waals surface area contributed by atoms with Gasteiger partial charge in [-0.1, -0.05) is 54.2 Å². The van der Waals surface area contributed by atoms with Crippen molar-refractivity contribution in [1.29, 1.82) is 0 Å². The fourth-order valence-corrected chi connectivity index (χ4v) is 5.65. The summed E-state index contributed by atoms with van der Waals surface area (Å²) in [6, 6.07) is 16.9. The number of thiazole rings is 1. The molecule has 1 atom stereocenters. The molecule has 184 valence electrons. The lowest BCUT2D eigenvalue weighted by Crippen LogP contribution is -2.41. The van der Waals surface area contributed by atoms with Crippen LogP contribution >= 0.6 is 23.1 Å². The van der Waals surface area contributed by atoms with Crippen molar-refractivity contribution >= 4 is 45.7 Å². The predicted octanol–water partition coefficient (Wildman–Crippen LogP) is 4.46. The zero-order valence-electron chi connectivity index (χ0n) is 20.0. The fourth-order valence-electron chi connectivity index (χ4n) is 4.08. The van der Waals surface area contributed by atoms with Crippen molar-refractivity contribution in [1.82, 2.24) is 19.7 Å². The molecule has 2 aromatic carbocycles. The van der Waals surface area contributed by atoms with Crippen molar-refractivity contribution in [3.8, 4) is 17.0 Å². The van der Waals surface area contributed by atoms with Crippen molar-refractivity contribution in [2.75, 3.05) is 22.6 Å². The lowest BCUT2D eigenvalue weighted by molar-refractivity contribution is -0.121. The van der Waals surface area contributed by atoms with E-state index < -0.39 is 0 Å². The Morgan fingerprint density at radius 1 is 1.17 bits per heavy atom. The molecule has 5 rings (SSSR count). The predicted molar refractivity (Wildman–Crippen MR) is 140 cm³/mol. The quantitative estimate of drug-likeness (QED) is 0.359. The minimum absolute atomic E-state index is 0.0246. The van der Waals surface area contributed by atoms with Crippen LogP contribution in [0.5, 0.6) is 5.75 Å². The molecule has 4 aromatic rings. The number of amides is 2. The van der Waals surface area contributed by atoms with Crippen LogP contribution in [0.25, 0.3) is 11.3 Å². The summed E-state index contributed by atoms with van der Waals surface area (Å²) in [7, 11) is 1.83. The summed E-state index contributed by atoms with van der Waals surface area (Å²) in [5, 5.41) is 12.6. The lowest BCUT2D eigenvalue weighted by atomic mass is 10.1. The number of hydrogen-bond donors (Lipinski definition) is 1. The first-order valence-corrected chi connectivity index (χ1v) is 13.1. The maximum absolute atomic E-state index is 12.7. The zero-order chi connectivity index (χ0) is 25.2. The van der Waals surface area contributed by atoms with E-state index in [1.54, 1.807) is 4.90 Å². The van der Waals surface area contributed by atoms with E-state index in [2.05, 4.69) is 20.5 Å². The molecule has 0 fully saturated rings. The molecule has 0 radical (unpaired) electrons. The largest absolute Gasteiger partial charge is 0.482 e. The second-order valence-electron chi connectivity index (χ2n) is 8.22. The van der Waals surface area contributed by atoms with E-state index in [1.165, 1.54) is 23.1 Å². The van der Waals surface area contributed by atoms with Crippen LogP contribution in [0.4, 0.5) is 10.8 Å². The molecule has 2 aromatic heterocycles. The Kier molecular flexibility index (Phi) is 6.75. The maximum atomic E-state index is 12.7. The van der Waals surface area contributed by atoms with E-state index in [-0.39, 0.29) is 30.2 Å². The number of nitrogens with zero attached hydrogens (tertiary/aromatic N) is 5. The Morgan fingerprint density at radius 2 is 1.92 bits per heavy atom. The minimum atomic E-state index is -0.363. The highest BCUT2D eigenvalue weighted by molar-refractivity contribution is 7.99. The van der Waals surface area contributed by atoms with Crippen LogP contribution in [0.3, 0.4) is 0 Å². The van der Waals surface area contributed by atoms with Crippen LogP contribution in [-0.4, -0.2) is 43.9 Å². The van der Waals surface area contributed by atoms with Gasteiger partial charge in [-0.3, -0.25) is 14.5 Å². The minimum Gasteiger partial charge on any atom is -0.482 e. The molecule has 0 saturated carbocycles. The Morgan fingerprint density at radius 3 is 2.72 bits per heavy atom. The smallest absolute Gasteiger partial charge is 0.265 e. The van der Waals surface area contributed by atoms with E-state index >= 15 is 0 Å². The van der Waals surface area contributed by atoms with Crippen LogP contribution in [0.2, 0.25) is 0 Å². The Hall–Kier alpha value is -3.70. The molecule has 2 amide bonds. The molecular weight excluding hydrogens is 496 g/mol. The molecule has 0 bridgehead atoms.